The summed E-state index contributed by atoms with van der Waals surface area (Å²) in [7, 11) is 0. The van der Waals surface area contributed by atoms with E-state index in [9.17, 15) is 4.79 Å². The van der Waals surface area contributed by atoms with E-state index in [1.54, 1.807) is 12.1 Å². The number of nitrogens with zero attached hydrogens (tertiary/aromatic N) is 4. The zero-order valence-electron chi connectivity index (χ0n) is 16.7. The van der Waals surface area contributed by atoms with Gasteiger partial charge in [-0.1, -0.05) is 0 Å². The second-order valence-electron chi connectivity index (χ2n) is 7.43. The van der Waals surface area contributed by atoms with Crippen molar-refractivity contribution in [1.29, 1.82) is 0 Å². The minimum atomic E-state index is 0.546. The number of carbonyl (C=O) groups is 1. The van der Waals surface area contributed by atoms with E-state index in [0.29, 0.717) is 30.5 Å². The van der Waals surface area contributed by atoms with Gasteiger partial charge in [0.2, 0.25) is 11.8 Å². The van der Waals surface area contributed by atoms with Crippen LogP contribution in [0.3, 0.4) is 0 Å². The van der Waals surface area contributed by atoms with Crippen LogP contribution >= 0.6 is 0 Å². The largest absolute Gasteiger partial charge is 0.474 e. The van der Waals surface area contributed by atoms with Gasteiger partial charge in [0.15, 0.2) is 0 Å². The fraction of sp³-hybridized carbons (Fsp3) is 0.273. The van der Waals surface area contributed by atoms with Gasteiger partial charge in [0, 0.05) is 36.1 Å². The van der Waals surface area contributed by atoms with E-state index in [2.05, 4.69) is 32.4 Å². The second kappa shape index (κ2) is 7.62. The lowest BCUT2D eigenvalue weighted by molar-refractivity contribution is 0.112. The third-order valence-electron chi connectivity index (χ3n) is 5.51. The van der Waals surface area contributed by atoms with Crippen molar-refractivity contribution in [1.82, 2.24) is 15.0 Å². The SMILES string of the molecule is Cc1c(N2CCc3cnc(Nc4ccc(C=O)cc4)nc3C2)cnc2c1NCCO2. The Labute approximate surface area is 174 Å². The number of ether oxygens (including phenoxy) is 1. The minimum Gasteiger partial charge on any atom is -0.474 e. The van der Waals surface area contributed by atoms with Gasteiger partial charge >= 0.3 is 0 Å². The van der Waals surface area contributed by atoms with Crippen molar-refractivity contribution in [2.75, 3.05) is 35.2 Å². The summed E-state index contributed by atoms with van der Waals surface area (Å²) in [5.74, 6) is 1.22. The molecular formula is C22H22N6O2. The van der Waals surface area contributed by atoms with Gasteiger partial charge in [0.05, 0.1) is 24.1 Å². The van der Waals surface area contributed by atoms with Gasteiger partial charge in [0.1, 0.15) is 18.6 Å². The normalized spacial score (nSPS) is 14.8. The molecule has 152 valence electrons. The van der Waals surface area contributed by atoms with Gasteiger partial charge in [-0.25, -0.2) is 15.0 Å². The maximum atomic E-state index is 10.8. The van der Waals surface area contributed by atoms with Crippen LogP contribution in [0.25, 0.3) is 0 Å². The fourth-order valence-corrected chi connectivity index (χ4v) is 3.87. The zero-order valence-corrected chi connectivity index (χ0v) is 16.7. The highest BCUT2D eigenvalue weighted by Gasteiger charge is 2.23. The molecule has 8 nitrogen and oxygen atoms in total. The van der Waals surface area contributed by atoms with Gasteiger partial charge in [-0.05, 0) is 43.2 Å². The summed E-state index contributed by atoms with van der Waals surface area (Å²) in [6.07, 6.45) is 5.49. The molecule has 2 aliphatic rings. The average Bonchev–Trinajstić information content (AvgIpc) is 2.79. The first-order valence-corrected chi connectivity index (χ1v) is 9.99. The molecule has 2 aliphatic heterocycles. The Morgan fingerprint density at radius 2 is 2.07 bits per heavy atom. The van der Waals surface area contributed by atoms with Crippen LogP contribution in [0, 0.1) is 6.92 Å². The highest BCUT2D eigenvalue weighted by molar-refractivity contribution is 5.76. The van der Waals surface area contributed by atoms with Crippen molar-refractivity contribution in [3.8, 4) is 5.88 Å². The number of hydrogen-bond donors (Lipinski definition) is 2. The van der Waals surface area contributed by atoms with Gasteiger partial charge in [0.25, 0.3) is 0 Å². The van der Waals surface area contributed by atoms with Crippen molar-refractivity contribution in [3.63, 3.8) is 0 Å². The van der Waals surface area contributed by atoms with Crippen LogP contribution in [0.1, 0.15) is 27.2 Å². The molecule has 0 unspecified atom stereocenters. The number of aldehydes is 1. The van der Waals surface area contributed by atoms with E-state index in [1.165, 1.54) is 0 Å². The van der Waals surface area contributed by atoms with E-state index in [-0.39, 0.29) is 0 Å². The Hall–Kier alpha value is -3.68. The summed E-state index contributed by atoms with van der Waals surface area (Å²) in [5, 5.41) is 6.62. The topological polar surface area (TPSA) is 92.3 Å². The van der Waals surface area contributed by atoms with Gasteiger partial charge < -0.3 is 20.3 Å². The van der Waals surface area contributed by atoms with Crippen molar-refractivity contribution >= 4 is 29.3 Å². The van der Waals surface area contributed by atoms with Crippen LogP contribution in [-0.2, 0) is 13.0 Å². The zero-order chi connectivity index (χ0) is 20.5. The molecule has 0 saturated heterocycles. The van der Waals surface area contributed by atoms with Gasteiger partial charge in [-0.15, -0.1) is 0 Å². The van der Waals surface area contributed by atoms with Crippen LogP contribution in [0.4, 0.5) is 23.0 Å². The minimum absolute atomic E-state index is 0.546. The summed E-state index contributed by atoms with van der Waals surface area (Å²) in [4.78, 5) is 26.8. The number of rotatable bonds is 4. The summed E-state index contributed by atoms with van der Waals surface area (Å²) < 4.78 is 5.65. The quantitative estimate of drug-likeness (QED) is 0.643. The molecule has 3 aromatic rings. The molecule has 2 N–H and O–H groups in total. The van der Waals surface area contributed by atoms with Crippen LogP contribution in [0.15, 0.2) is 36.7 Å². The Morgan fingerprint density at radius 1 is 1.20 bits per heavy atom. The fourth-order valence-electron chi connectivity index (χ4n) is 3.87. The maximum absolute atomic E-state index is 10.8. The highest BCUT2D eigenvalue weighted by Crippen LogP contribution is 2.36. The molecule has 5 rings (SSSR count). The number of carbonyl (C=O) groups excluding carboxylic acids is 1. The van der Waals surface area contributed by atoms with E-state index in [4.69, 9.17) is 9.72 Å². The number of nitrogens with one attached hydrogen (secondary N) is 2. The lowest BCUT2D eigenvalue weighted by atomic mass is 10.0. The standard InChI is InChI=1S/C22H22N6O2/c1-14-19(11-24-21-20(14)23-7-9-30-21)28-8-6-16-10-25-22(27-18(16)12-28)26-17-4-2-15(13-29)3-5-17/h2-5,10-11,13,23H,6-9,12H2,1H3,(H,25,26,27). The third kappa shape index (κ3) is 3.41. The lowest BCUT2D eigenvalue weighted by Crippen LogP contribution is -2.32. The monoisotopic (exact) mass is 402 g/mol. The van der Waals surface area contributed by atoms with Gasteiger partial charge in [-0.2, -0.15) is 0 Å². The highest BCUT2D eigenvalue weighted by atomic mass is 16.5. The van der Waals surface area contributed by atoms with E-state index >= 15 is 0 Å². The van der Waals surface area contributed by atoms with Crippen LogP contribution in [0.2, 0.25) is 0 Å². The molecular weight excluding hydrogens is 380 g/mol. The number of benzene rings is 1. The molecule has 0 spiro atoms. The van der Waals surface area contributed by atoms with Gasteiger partial charge in [-0.3, -0.25) is 4.79 Å². The van der Waals surface area contributed by atoms with Crippen LogP contribution < -0.4 is 20.3 Å². The van der Waals surface area contributed by atoms with Crippen molar-refractivity contribution < 1.29 is 9.53 Å². The first-order valence-electron chi connectivity index (χ1n) is 9.99. The Morgan fingerprint density at radius 3 is 2.90 bits per heavy atom. The molecule has 0 aliphatic carbocycles. The average molecular weight is 402 g/mol. The first kappa shape index (κ1) is 18.4. The summed E-state index contributed by atoms with van der Waals surface area (Å²) in [5.41, 5.74) is 6.86. The lowest BCUT2D eigenvalue weighted by Gasteiger charge is -2.32. The Bertz CT molecular complexity index is 1100. The number of pyridine rings is 1. The predicted octanol–water partition coefficient (Wildman–Crippen LogP) is 3.10. The molecule has 0 atom stereocenters. The first-order chi connectivity index (χ1) is 14.7. The molecule has 8 heteroatoms. The Balaban J connectivity index is 1.38. The summed E-state index contributed by atoms with van der Waals surface area (Å²) in [6.45, 7) is 5.11. The molecule has 1 aromatic carbocycles. The molecule has 4 heterocycles. The molecule has 0 bridgehead atoms. The van der Waals surface area contributed by atoms with Crippen molar-refractivity contribution in [3.05, 3.63) is 59.0 Å². The van der Waals surface area contributed by atoms with Crippen LogP contribution in [-0.4, -0.2) is 40.9 Å². The van der Waals surface area contributed by atoms with E-state index in [1.807, 2.05) is 24.5 Å². The molecule has 0 fully saturated rings. The summed E-state index contributed by atoms with van der Waals surface area (Å²) in [6, 6.07) is 7.21. The van der Waals surface area contributed by atoms with E-state index in [0.717, 1.165) is 59.7 Å². The molecule has 0 amide bonds. The Kier molecular flexibility index (Phi) is 4.66. The van der Waals surface area contributed by atoms with Crippen LogP contribution in [0.5, 0.6) is 5.88 Å². The maximum Gasteiger partial charge on any atom is 0.237 e. The smallest absolute Gasteiger partial charge is 0.237 e. The van der Waals surface area contributed by atoms with Crippen molar-refractivity contribution in [2.24, 2.45) is 0 Å². The number of aromatic nitrogens is 3. The molecule has 30 heavy (non-hydrogen) atoms. The molecule has 0 saturated carbocycles. The number of anilines is 4. The summed E-state index contributed by atoms with van der Waals surface area (Å²) >= 11 is 0. The second-order valence-corrected chi connectivity index (χ2v) is 7.43. The number of fused-ring (bicyclic) bond motifs is 2. The predicted molar refractivity (Wildman–Crippen MR) is 115 cm³/mol. The van der Waals surface area contributed by atoms with E-state index < -0.39 is 0 Å². The third-order valence-corrected chi connectivity index (χ3v) is 5.51. The van der Waals surface area contributed by atoms with Crippen molar-refractivity contribution in [2.45, 2.75) is 19.9 Å². The molecule has 2 aromatic heterocycles. The number of hydrogen-bond acceptors (Lipinski definition) is 8. The molecule has 0 radical (unpaired) electrons.